The standard InChI is InChI=1S/C7H14N2O2/c1-4-5-7(11)8-9(3)6(2)10/h4-5H2,1-3H3,(H,8,11)/q+1. The lowest BCUT2D eigenvalue weighted by molar-refractivity contribution is -0.132. The molecule has 2 amide bonds. The van der Waals surface area contributed by atoms with Crippen LogP contribution in [-0.4, -0.2) is 18.9 Å². The summed E-state index contributed by atoms with van der Waals surface area (Å²) in [5, 5.41) is 1.18. The third kappa shape index (κ3) is 4.50. The molecule has 63 valence electrons. The first-order valence-electron chi connectivity index (χ1n) is 3.61. The van der Waals surface area contributed by atoms with Crippen LogP contribution in [0.3, 0.4) is 0 Å². The average molecular weight is 158 g/mol. The second-order valence-corrected chi connectivity index (χ2v) is 2.36. The molecule has 0 saturated heterocycles. The summed E-state index contributed by atoms with van der Waals surface area (Å²) >= 11 is 0. The van der Waals surface area contributed by atoms with Crippen molar-refractivity contribution in [2.75, 3.05) is 7.05 Å². The maximum atomic E-state index is 10.9. The topological polar surface area (TPSA) is 52.1 Å². The summed E-state index contributed by atoms with van der Waals surface area (Å²) in [6.07, 6.45) is 1.25. The highest BCUT2D eigenvalue weighted by atomic mass is 16.2. The molecule has 0 saturated carbocycles. The van der Waals surface area contributed by atoms with Crippen LogP contribution in [0.25, 0.3) is 0 Å². The van der Waals surface area contributed by atoms with E-state index >= 15 is 0 Å². The quantitative estimate of drug-likeness (QED) is 0.459. The third-order valence-corrected chi connectivity index (χ3v) is 1.24. The molecule has 0 atom stereocenters. The molecule has 0 aliphatic rings. The maximum Gasteiger partial charge on any atom is 0.385 e. The van der Waals surface area contributed by atoms with E-state index in [1.807, 2.05) is 6.92 Å². The number of amides is 2. The molecule has 1 N–H and O–H groups in total. The van der Waals surface area contributed by atoms with E-state index < -0.39 is 0 Å². The predicted molar refractivity (Wildman–Crippen MR) is 41.8 cm³/mol. The third-order valence-electron chi connectivity index (χ3n) is 1.24. The Hall–Kier alpha value is -0.900. The lowest BCUT2D eigenvalue weighted by Gasteiger charge is -2.01. The number of carbonyl (C=O) groups excluding carboxylic acids is 2. The normalized spacial score (nSPS) is 9.82. The van der Waals surface area contributed by atoms with Gasteiger partial charge in [-0.05, 0) is 6.42 Å². The van der Waals surface area contributed by atoms with E-state index in [2.05, 4.69) is 5.43 Å². The molecule has 0 aromatic rings. The van der Waals surface area contributed by atoms with E-state index in [9.17, 15) is 9.59 Å². The molecule has 0 aromatic carbocycles. The van der Waals surface area contributed by atoms with E-state index in [4.69, 9.17) is 0 Å². The highest BCUT2D eigenvalue weighted by molar-refractivity contribution is 5.82. The van der Waals surface area contributed by atoms with Gasteiger partial charge in [0.25, 0.3) is 5.91 Å². The van der Waals surface area contributed by atoms with Crippen molar-refractivity contribution in [1.82, 2.24) is 10.4 Å². The van der Waals surface area contributed by atoms with Gasteiger partial charge in [-0.25, -0.2) is 4.79 Å². The van der Waals surface area contributed by atoms with E-state index in [0.717, 1.165) is 6.42 Å². The number of hydrogen-bond donors (Lipinski definition) is 1. The van der Waals surface area contributed by atoms with Crippen molar-refractivity contribution in [1.29, 1.82) is 0 Å². The van der Waals surface area contributed by atoms with Gasteiger partial charge in [0.2, 0.25) is 0 Å². The molecule has 0 rings (SSSR count). The van der Waals surface area contributed by atoms with Gasteiger partial charge in [0.05, 0.1) is 6.92 Å². The molecule has 0 aliphatic carbocycles. The minimum atomic E-state index is -0.172. The summed E-state index contributed by atoms with van der Waals surface area (Å²) in [4.78, 5) is 21.4. The number of nitrogens with zero attached hydrogens (tertiary/aromatic N) is 1. The Morgan fingerprint density at radius 3 is 2.36 bits per heavy atom. The zero-order valence-electron chi connectivity index (χ0n) is 7.18. The molecule has 0 heterocycles. The molecule has 4 nitrogen and oxygen atoms in total. The first kappa shape index (κ1) is 10.1. The van der Waals surface area contributed by atoms with Gasteiger partial charge in [0.1, 0.15) is 7.05 Å². The fourth-order valence-corrected chi connectivity index (χ4v) is 0.549. The highest BCUT2D eigenvalue weighted by Gasteiger charge is 2.17. The molecule has 0 spiro atoms. The summed E-state index contributed by atoms with van der Waals surface area (Å²) in [5.41, 5.74) is 2.43. The van der Waals surface area contributed by atoms with Crippen molar-refractivity contribution in [3.8, 4) is 0 Å². The molecule has 1 radical (unpaired) electrons. The van der Waals surface area contributed by atoms with Gasteiger partial charge >= 0.3 is 5.91 Å². The summed E-state index contributed by atoms with van der Waals surface area (Å²) < 4.78 is 0. The zero-order valence-corrected chi connectivity index (χ0v) is 7.18. The smallest absolute Gasteiger partial charge is 0.270 e. The molecule has 4 heteroatoms. The first-order valence-corrected chi connectivity index (χ1v) is 3.61. The molecular formula is C7H14N2O2+. The van der Waals surface area contributed by atoms with Gasteiger partial charge in [-0.2, -0.15) is 0 Å². The Bertz CT molecular complexity index is 157. The van der Waals surface area contributed by atoms with Crippen LogP contribution in [0.15, 0.2) is 0 Å². The molecule has 0 aliphatic heterocycles. The van der Waals surface area contributed by atoms with Gasteiger partial charge in [0.15, 0.2) is 0 Å². The van der Waals surface area contributed by atoms with E-state index in [1.54, 1.807) is 0 Å². The minimum absolute atomic E-state index is 0.120. The minimum Gasteiger partial charge on any atom is -0.270 e. The number of carbonyl (C=O) groups is 2. The summed E-state index contributed by atoms with van der Waals surface area (Å²) in [6.45, 7) is 3.31. The van der Waals surface area contributed by atoms with Crippen LogP contribution >= 0.6 is 0 Å². The maximum absolute atomic E-state index is 10.9. The largest absolute Gasteiger partial charge is 0.385 e. The van der Waals surface area contributed by atoms with Crippen molar-refractivity contribution >= 4 is 11.8 Å². The summed E-state index contributed by atoms with van der Waals surface area (Å²) in [6, 6.07) is 0. The van der Waals surface area contributed by atoms with Crippen LogP contribution in [-0.2, 0) is 9.59 Å². The van der Waals surface area contributed by atoms with Crippen molar-refractivity contribution in [2.45, 2.75) is 26.7 Å². The molecule has 0 bridgehead atoms. The van der Waals surface area contributed by atoms with Gasteiger partial charge in [-0.1, -0.05) is 6.92 Å². The molecule has 0 aromatic heterocycles. The van der Waals surface area contributed by atoms with E-state index in [-0.39, 0.29) is 11.8 Å². The van der Waals surface area contributed by atoms with E-state index in [0.29, 0.717) is 6.42 Å². The Morgan fingerprint density at radius 2 is 2.00 bits per heavy atom. The lowest BCUT2D eigenvalue weighted by atomic mass is 10.3. The number of hydrazine groups is 1. The second-order valence-electron chi connectivity index (χ2n) is 2.36. The van der Waals surface area contributed by atoms with Gasteiger partial charge < -0.3 is 0 Å². The molecular weight excluding hydrogens is 144 g/mol. The van der Waals surface area contributed by atoms with Gasteiger partial charge in [0, 0.05) is 11.4 Å². The Balaban J connectivity index is 3.66. The van der Waals surface area contributed by atoms with Crippen LogP contribution in [0.5, 0.6) is 0 Å². The highest BCUT2D eigenvalue weighted by Crippen LogP contribution is 1.85. The van der Waals surface area contributed by atoms with Crippen LogP contribution in [0, 0.1) is 0 Å². The van der Waals surface area contributed by atoms with Crippen molar-refractivity contribution in [3.63, 3.8) is 0 Å². The molecule has 11 heavy (non-hydrogen) atoms. The Kier molecular flexibility index (Phi) is 4.45. The lowest BCUT2D eigenvalue weighted by Crippen LogP contribution is -2.47. The van der Waals surface area contributed by atoms with Crippen molar-refractivity contribution in [3.05, 3.63) is 0 Å². The fraction of sp³-hybridized carbons (Fsp3) is 0.714. The van der Waals surface area contributed by atoms with Gasteiger partial charge in [-0.15, -0.1) is 5.43 Å². The number of hydrogen-bond acceptors (Lipinski definition) is 2. The number of nitrogens with one attached hydrogen (secondary N) is 1. The fourth-order valence-electron chi connectivity index (χ4n) is 0.549. The van der Waals surface area contributed by atoms with Crippen LogP contribution in [0.2, 0.25) is 0 Å². The first-order chi connectivity index (χ1) is 5.07. The second kappa shape index (κ2) is 4.85. The SMILES string of the molecule is CCCC(=O)N[N+](C)C(C)=O. The molecule has 0 unspecified atom stereocenters. The summed E-state index contributed by atoms with van der Waals surface area (Å²) in [5.74, 6) is -0.292. The zero-order chi connectivity index (χ0) is 8.85. The van der Waals surface area contributed by atoms with Crippen molar-refractivity contribution in [2.24, 2.45) is 0 Å². The predicted octanol–water partition coefficient (Wildman–Crippen LogP) is 0.134. The van der Waals surface area contributed by atoms with Crippen LogP contribution in [0.4, 0.5) is 0 Å². The monoisotopic (exact) mass is 158 g/mol. The van der Waals surface area contributed by atoms with Crippen molar-refractivity contribution < 1.29 is 9.59 Å². The molecule has 0 fully saturated rings. The van der Waals surface area contributed by atoms with Crippen LogP contribution in [0.1, 0.15) is 26.7 Å². The Labute approximate surface area is 66.5 Å². The number of rotatable bonds is 2. The van der Waals surface area contributed by atoms with E-state index in [1.165, 1.54) is 19.0 Å². The van der Waals surface area contributed by atoms with Crippen LogP contribution < -0.4 is 10.4 Å². The Morgan fingerprint density at radius 1 is 1.45 bits per heavy atom. The summed E-state index contributed by atoms with van der Waals surface area (Å²) in [7, 11) is 1.52. The average Bonchev–Trinajstić information content (AvgIpc) is 1.87. The van der Waals surface area contributed by atoms with Gasteiger partial charge in [-0.3, -0.25) is 4.79 Å².